The van der Waals surface area contributed by atoms with Gasteiger partial charge in [0.05, 0.1) is 25.4 Å². The molecule has 0 fully saturated rings. The van der Waals surface area contributed by atoms with Crippen LogP contribution in [0.1, 0.15) is 328 Å². The second kappa shape index (κ2) is 55.2. The standard InChI is InChI=1S/C59H115NO5/c1-3-5-7-9-11-13-15-17-19-20-21-25-29-33-37-41-45-49-53-59(64)65-54-50-46-42-38-34-30-26-23-22-24-28-32-36-40-44-48-52-58(63)60-56(55-61)57(62)51-47-43-39-35-31-27-18-16-14-12-10-8-6-4-2/h47,51,56-57,61-62H,3-46,48-50,52-55H2,1-2H3,(H,60,63)/b51-47+. The molecule has 6 heteroatoms. The molecule has 0 spiro atoms. The number of esters is 1. The van der Waals surface area contributed by atoms with Gasteiger partial charge in [-0.1, -0.05) is 296 Å². The highest BCUT2D eigenvalue weighted by Crippen LogP contribution is 2.17. The third kappa shape index (κ3) is 51.8. The van der Waals surface area contributed by atoms with Crippen molar-refractivity contribution >= 4 is 11.9 Å². The first-order valence-corrected chi connectivity index (χ1v) is 29.5. The SMILES string of the molecule is CCCCCCCCCCCCCC/C=C/C(O)C(CO)NC(=O)CCCCCCCCCCCCCCCCCCOC(=O)CCCCCCCCCCCCCCCCCCCC. The van der Waals surface area contributed by atoms with Crippen LogP contribution in [0.15, 0.2) is 12.2 Å². The van der Waals surface area contributed by atoms with Crippen LogP contribution in [0.4, 0.5) is 0 Å². The monoisotopic (exact) mass is 918 g/mol. The fraction of sp³-hybridized carbons (Fsp3) is 0.932. The first-order valence-electron chi connectivity index (χ1n) is 29.5. The van der Waals surface area contributed by atoms with Crippen LogP contribution in [0.3, 0.4) is 0 Å². The quantitative estimate of drug-likeness (QED) is 0.0321. The molecule has 0 saturated heterocycles. The van der Waals surface area contributed by atoms with E-state index in [2.05, 4.69) is 19.2 Å². The zero-order chi connectivity index (χ0) is 47.2. The van der Waals surface area contributed by atoms with E-state index in [9.17, 15) is 19.8 Å². The molecule has 3 N–H and O–H groups in total. The number of nitrogens with one attached hydrogen (secondary N) is 1. The van der Waals surface area contributed by atoms with Crippen LogP contribution in [0, 0.1) is 0 Å². The van der Waals surface area contributed by atoms with E-state index in [-0.39, 0.29) is 18.5 Å². The average molecular weight is 919 g/mol. The Bertz CT molecular complexity index is 970. The Labute approximate surface area is 406 Å². The first kappa shape index (κ1) is 63.6. The van der Waals surface area contributed by atoms with Crippen molar-refractivity contribution in [3.63, 3.8) is 0 Å². The minimum Gasteiger partial charge on any atom is -0.466 e. The first-order chi connectivity index (χ1) is 32.0. The van der Waals surface area contributed by atoms with E-state index >= 15 is 0 Å². The van der Waals surface area contributed by atoms with Crippen molar-refractivity contribution in [2.24, 2.45) is 0 Å². The molecule has 2 unspecified atom stereocenters. The molecule has 0 aromatic heterocycles. The Hall–Kier alpha value is -1.40. The van der Waals surface area contributed by atoms with Crippen molar-refractivity contribution in [2.45, 2.75) is 341 Å². The van der Waals surface area contributed by atoms with Gasteiger partial charge in [-0.3, -0.25) is 9.59 Å². The van der Waals surface area contributed by atoms with Crippen molar-refractivity contribution in [3.8, 4) is 0 Å². The lowest BCUT2D eigenvalue weighted by molar-refractivity contribution is -0.143. The third-order valence-electron chi connectivity index (χ3n) is 13.8. The molecule has 0 aromatic rings. The van der Waals surface area contributed by atoms with Crippen LogP contribution < -0.4 is 5.32 Å². The lowest BCUT2D eigenvalue weighted by Crippen LogP contribution is -2.45. The Morgan fingerprint density at radius 2 is 0.708 bits per heavy atom. The number of rotatable bonds is 55. The molecule has 0 heterocycles. The highest BCUT2D eigenvalue weighted by atomic mass is 16.5. The Kier molecular flexibility index (Phi) is 54.0. The summed E-state index contributed by atoms with van der Waals surface area (Å²) in [4.78, 5) is 24.5. The van der Waals surface area contributed by atoms with E-state index in [1.54, 1.807) is 6.08 Å². The maximum absolute atomic E-state index is 12.4. The molecule has 1 amide bonds. The number of unbranched alkanes of at least 4 members (excludes halogenated alkanes) is 44. The van der Waals surface area contributed by atoms with Crippen LogP contribution in [0.5, 0.6) is 0 Å². The van der Waals surface area contributed by atoms with E-state index < -0.39 is 12.1 Å². The molecule has 0 aliphatic heterocycles. The van der Waals surface area contributed by atoms with Crippen molar-refractivity contribution in [1.82, 2.24) is 5.32 Å². The fourth-order valence-electron chi connectivity index (χ4n) is 9.28. The van der Waals surface area contributed by atoms with Crippen molar-refractivity contribution in [3.05, 3.63) is 12.2 Å². The molecule has 0 aromatic carbocycles. The Balaban J connectivity index is 3.41. The highest BCUT2D eigenvalue weighted by molar-refractivity contribution is 5.76. The molecule has 0 radical (unpaired) electrons. The number of carbonyl (C=O) groups is 2. The molecule has 0 aliphatic carbocycles. The topological polar surface area (TPSA) is 95.9 Å². The van der Waals surface area contributed by atoms with Crippen LogP contribution in [-0.4, -0.2) is 47.4 Å². The van der Waals surface area contributed by atoms with Crippen LogP contribution in [-0.2, 0) is 14.3 Å². The molecule has 0 rings (SSSR count). The number of amides is 1. The number of hydrogen-bond donors (Lipinski definition) is 3. The van der Waals surface area contributed by atoms with Gasteiger partial charge in [0.2, 0.25) is 5.91 Å². The molecule has 386 valence electrons. The van der Waals surface area contributed by atoms with Crippen molar-refractivity contribution < 1.29 is 24.5 Å². The number of ether oxygens (including phenoxy) is 1. The molecule has 0 saturated carbocycles. The van der Waals surface area contributed by atoms with Gasteiger partial charge in [-0.2, -0.15) is 0 Å². The molecular formula is C59H115NO5. The molecule has 0 aliphatic rings. The van der Waals surface area contributed by atoms with E-state index in [1.165, 1.54) is 257 Å². The maximum Gasteiger partial charge on any atom is 0.305 e. The van der Waals surface area contributed by atoms with E-state index in [4.69, 9.17) is 4.74 Å². The summed E-state index contributed by atoms with van der Waals surface area (Å²) in [5, 5.41) is 23.1. The fourth-order valence-corrected chi connectivity index (χ4v) is 9.28. The van der Waals surface area contributed by atoms with Gasteiger partial charge in [0.1, 0.15) is 0 Å². The summed E-state index contributed by atoms with van der Waals surface area (Å²) >= 11 is 0. The van der Waals surface area contributed by atoms with Gasteiger partial charge in [-0.25, -0.2) is 0 Å². The molecular weight excluding hydrogens is 803 g/mol. The van der Waals surface area contributed by atoms with Gasteiger partial charge in [0.15, 0.2) is 0 Å². The molecule has 0 bridgehead atoms. The van der Waals surface area contributed by atoms with Crippen LogP contribution in [0.25, 0.3) is 0 Å². The summed E-state index contributed by atoms with van der Waals surface area (Å²) in [6, 6.07) is -0.631. The Morgan fingerprint density at radius 1 is 0.415 bits per heavy atom. The summed E-state index contributed by atoms with van der Waals surface area (Å²) in [6.45, 7) is 4.91. The molecule has 6 nitrogen and oxygen atoms in total. The van der Waals surface area contributed by atoms with Crippen molar-refractivity contribution in [2.75, 3.05) is 13.2 Å². The third-order valence-corrected chi connectivity index (χ3v) is 13.8. The van der Waals surface area contributed by atoms with Crippen molar-refractivity contribution in [1.29, 1.82) is 0 Å². The largest absolute Gasteiger partial charge is 0.466 e. The minimum absolute atomic E-state index is 0.00702. The van der Waals surface area contributed by atoms with E-state index in [1.807, 2.05) is 6.08 Å². The number of aliphatic hydroxyl groups excluding tert-OH is 2. The lowest BCUT2D eigenvalue weighted by Gasteiger charge is -2.20. The van der Waals surface area contributed by atoms with E-state index in [0.717, 1.165) is 44.9 Å². The predicted molar refractivity (Wildman–Crippen MR) is 283 cm³/mol. The summed E-state index contributed by atoms with van der Waals surface area (Å²) in [6.07, 6.45) is 65.2. The van der Waals surface area contributed by atoms with Gasteiger partial charge in [-0.05, 0) is 32.1 Å². The number of allylic oxidation sites excluding steroid dienone is 1. The normalized spacial score (nSPS) is 12.6. The second-order valence-electron chi connectivity index (χ2n) is 20.3. The van der Waals surface area contributed by atoms with E-state index in [0.29, 0.717) is 19.4 Å². The smallest absolute Gasteiger partial charge is 0.305 e. The number of aliphatic hydroxyl groups is 2. The van der Waals surface area contributed by atoms with Gasteiger partial charge in [0, 0.05) is 12.8 Å². The summed E-state index contributed by atoms with van der Waals surface area (Å²) < 4.78 is 5.49. The molecule has 2 atom stereocenters. The summed E-state index contributed by atoms with van der Waals surface area (Å²) in [5.74, 6) is -0.0660. The van der Waals surface area contributed by atoms with Crippen LogP contribution >= 0.6 is 0 Å². The minimum atomic E-state index is -0.847. The predicted octanol–water partition coefficient (Wildman–Crippen LogP) is 18.1. The molecule has 65 heavy (non-hydrogen) atoms. The van der Waals surface area contributed by atoms with Gasteiger partial charge < -0.3 is 20.3 Å². The zero-order valence-electron chi connectivity index (χ0n) is 44.0. The highest BCUT2D eigenvalue weighted by Gasteiger charge is 2.18. The number of hydrogen-bond acceptors (Lipinski definition) is 5. The number of carbonyl (C=O) groups excluding carboxylic acids is 2. The summed E-state index contributed by atoms with van der Waals surface area (Å²) in [7, 11) is 0. The maximum atomic E-state index is 12.4. The zero-order valence-corrected chi connectivity index (χ0v) is 44.0. The van der Waals surface area contributed by atoms with Gasteiger partial charge in [-0.15, -0.1) is 0 Å². The Morgan fingerprint density at radius 3 is 1.05 bits per heavy atom. The average Bonchev–Trinajstić information content (AvgIpc) is 3.31. The summed E-state index contributed by atoms with van der Waals surface area (Å²) in [5.41, 5.74) is 0. The lowest BCUT2D eigenvalue weighted by atomic mass is 10.0. The van der Waals surface area contributed by atoms with Gasteiger partial charge in [0.25, 0.3) is 0 Å². The van der Waals surface area contributed by atoms with Gasteiger partial charge >= 0.3 is 5.97 Å². The van der Waals surface area contributed by atoms with Crippen LogP contribution in [0.2, 0.25) is 0 Å². The second-order valence-corrected chi connectivity index (χ2v) is 20.3.